The Morgan fingerprint density at radius 2 is 2.03 bits per heavy atom. The van der Waals surface area contributed by atoms with Crippen molar-refractivity contribution < 1.29 is 4.39 Å². The van der Waals surface area contributed by atoms with Crippen molar-refractivity contribution >= 4 is 16.6 Å². The maximum absolute atomic E-state index is 13.8. The number of nitrogens with one attached hydrogen (secondary N) is 1. The number of benzene rings is 1. The highest BCUT2D eigenvalue weighted by Gasteiger charge is 2.14. The van der Waals surface area contributed by atoms with Crippen LogP contribution in [0, 0.1) is 18.7 Å². The van der Waals surface area contributed by atoms with Crippen LogP contribution in [0.5, 0.6) is 0 Å². The molecule has 0 aliphatic heterocycles. The molecule has 4 heterocycles. The minimum Gasteiger partial charge on any atom is -0.330 e. The molecule has 0 unspecified atom stereocenters. The number of rotatable bonds is 4. The maximum atomic E-state index is 13.8. The molecular formula is C23H25FN8. The molecule has 0 spiro atoms. The molecule has 1 aliphatic carbocycles. The number of aromatic nitrogens is 7. The fraction of sp³-hybridized carbons (Fsp3) is 0.304. The first-order valence-electron chi connectivity index (χ1n) is 10.8. The molecule has 9 heteroatoms. The lowest BCUT2D eigenvalue weighted by Gasteiger charge is -2.22. The highest BCUT2D eigenvalue weighted by Crippen LogP contribution is 2.27. The van der Waals surface area contributed by atoms with Crippen molar-refractivity contribution in [3.8, 4) is 11.3 Å². The Balaban J connectivity index is 0.000000314. The van der Waals surface area contributed by atoms with Gasteiger partial charge in [-0.3, -0.25) is 5.10 Å². The van der Waals surface area contributed by atoms with Crippen LogP contribution in [0.25, 0.3) is 27.8 Å². The molecule has 1 saturated carbocycles. The zero-order chi connectivity index (χ0) is 22.1. The second-order valence-corrected chi connectivity index (χ2v) is 8.29. The summed E-state index contributed by atoms with van der Waals surface area (Å²) in [4.78, 5) is 4.59. The molecule has 32 heavy (non-hydrogen) atoms. The third kappa shape index (κ3) is 3.99. The average Bonchev–Trinajstić information content (AvgIpc) is 3.47. The Morgan fingerprint density at radius 3 is 2.78 bits per heavy atom. The fourth-order valence-electron chi connectivity index (χ4n) is 3.85. The number of hydrogen-bond acceptors (Lipinski definition) is 5. The molecule has 4 aromatic heterocycles. The Labute approximate surface area is 184 Å². The van der Waals surface area contributed by atoms with Crippen LogP contribution in [0.2, 0.25) is 0 Å². The summed E-state index contributed by atoms with van der Waals surface area (Å²) < 4.78 is 17.5. The van der Waals surface area contributed by atoms with E-state index in [1.165, 1.54) is 30.9 Å². The second-order valence-electron chi connectivity index (χ2n) is 8.29. The number of hydrogen-bond donors (Lipinski definition) is 2. The molecule has 8 nitrogen and oxygen atoms in total. The third-order valence-corrected chi connectivity index (χ3v) is 5.91. The number of fused-ring (bicyclic) bond motifs is 2. The van der Waals surface area contributed by atoms with E-state index < -0.39 is 0 Å². The lowest BCUT2D eigenvalue weighted by Crippen LogP contribution is -2.20. The van der Waals surface area contributed by atoms with Crippen LogP contribution in [-0.4, -0.2) is 41.1 Å². The van der Waals surface area contributed by atoms with Gasteiger partial charge >= 0.3 is 0 Å². The van der Waals surface area contributed by atoms with Crippen LogP contribution in [0.3, 0.4) is 0 Å². The van der Waals surface area contributed by atoms with Crippen LogP contribution >= 0.6 is 0 Å². The molecule has 0 saturated heterocycles. The molecule has 0 amide bonds. The molecule has 1 aliphatic rings. The predicted octanol–water partition coefficient (Wildman–Crippen LogP) is 3.71. The summed E-state index contributed by atoms with van der Waals surface area (Å²) in [5, 5.41) is 15.7. The van der Waals surface area contributed by atoms with Gasteiger partial charge in [-0.2, -0.15) is 5.10 Å². The van der Waals surface area contributed by atoms with Crippen LogP contribution in [0.4, 0.5) is 4.39 Å². The lowest BCUT2D eigenvalue weighted by atomic mass is 9.86. The Hall–Kier alpha value is -3.59. The standard InChI is InChI=1S/C18H14FN7.C5H11N/c1-11-2-5-17-21-12(8-25(17)7-11)9-26-10-16(22-24-26)13-3-4-15(19)18-14(13)6-20-23-18;6-4-5-2-1-3-5/h2-8,10H,9H2,1H3,(H,20,23);5H,1-4,6H2. The fourth-order valence-corrected chi connectivity index (χ4v) is 3.85. The van der Waals surface area contributed by atoms with E-state index >= 15 is 0 Å². The summed E-state index contributed by atoms with van der Waals surface area (Å²) in [7, 11) is 0. The van der Waals surface area contributed by atoms with Gasteiger partial charge in [-0.1, -0.05) is 17.7 Å². The number of H-pyrrole nitrogens is 1. The number of nitrogens with two attached hydrogens (primary N) is 1. The highest BCUT2D eigenvalue weighted by molar-refractivity contribution is 5.93. The quantitative estimate of drug-likeness (QED) is 0.451. The van der Waals surface area contributed by atoms with Gasteiger partial charge in [0.15, 0.2) is 0 Å². The number of aromatic amines is 1. The van der Waals surface area contributed by atoms with Crippen molar-refractivity contribution in [2.24, 2.45) is 11.7 Å². The summed E-state index contributed by atoms with van der Waals surface area (Å²) in [6, 6.07) is 7.11. The number of pyridine rings is 1. The van der Waals surface area contributed by atoms with Gasteiger partial charge < -0.3 is 10.1 Å². The third-order valence-electron chi connectivity index (χ3n) is 5.91. The summed E-state index contributed by atoms with van der Waals surface area (Å²) in [6.07, 6.45) is 11.6. The smallest absolute Gasteiger partial charge is 0.148 e. The topological polar surface area (TPSA) is 103 Å². The first-order valence-corrected chi connectivity index (χ1v) is 10.8. The van der Waals surface area contributed by atoms with Gasteiger partial charge in [0, 0.05) is 23.3 Å². The van der Waals surface area contributed by atoms with Gasteiger partial charge in [0.2, 0.25) is 0 Å². The summed E-state index contributed by atoms with van der Waals surface area (Å²) in [6.45, 7) is 3.46. The van der Waals surface area contributed by atoms with Gasteiger partial charge in [-0.15, -0.1) is 5.10 Å². The van der Waals surface area contributed by atoms with Crippen molar-refractivity contribution in [3.63, 3.8) is 0 Å². The van der Waals surface area contributed by atoms with E-state index in [2.05, 4.69) is 25.5 Å². The maximum Gasteiger partial charge on any atom is 0.148 e. The summed E-state index contributed by atoms with van der Waals surface area (Å²) in [5.74, 6) is 0.554. The largest absolute Gasteiger partial charge is 0.330 e. The van der Waals surface area contributed by atoms with E-state index in [-0.39, 0.29) is 5.82 Å². The predicted molar refractivity (Wildman–Crippen MR) is 120 cm³/mol. The molecule has 5 aromatic rings. The molecule has 3 N–H and O–H groups in total. The zero-order valence-electron chi connectivity index (χ0n) is 17.9. The number of aryl methyl sites for hydroxylation is 1. The van der Waals surface area contributed by atoms with Crippen molar-refractivity contribution in [2.75, 3.05) is 6.54 Å². The van der Waals surface area contributed by atoms with Crippen LogP contribution in [-0.2, 0) is 6.54 Å². The van der Waals surface area contributed by atoms with Gasteiger partial charge in [-0.05, 0) is 56.0 Å². The minimum absolute atomic E-state index is 0.339. The molecule has 1 fully saturated rings. The number of halogens is 1. The Bertz CT molecular complexity index is 1360. The SMILES string of the molecule is Cc1ccc2nc(Cn3cc(-c4ccc(F)c5[nH]ncc45)nn3)cn2c1.NCC1CCC1. The van der Waals surface area contributed by atoms with E-state index in [4.69, 9.17) is 5.73 Å². The molecular weight excluding hydrogens is 407 g/mol. The normalized spacial score (nSPS) is 13.8. The Kier molecular flexibility index (Phi) is 5.40. The minimum atomic E-state index is -0.339. The molecule has 164 valence electrons. The molecule has 6 rings (SSSR count). The Morgan fingerprint density at radius 1 is 1.16 bits per heavy atom. The van der Waals surface area contributed by atoms with Crippen molar-refractivity contribution in [1.82, 2.24) is 34.6 Å². The van der Waals surface area contributed by atoms with Gasteiger partial charge in [0.25, 0.3) is 0 Å². The second kappa shape index (κ2) is 8.51. The highest BCUT2D eigenvalue weighted by atomic mass is 19.1. The van der Waals surface area contributed by atoms with Gasteiger partial charge in [-0.25, -0.2) is 14.1 Å². The molecule has 0 radical (unpaired) electrons. The lowest BCUT2D eigenvalue weighted by molar-refractivity contribution is 0.325. The van der Waals surface area contributed by atoms with E-state index in [9.17, 15) is 4.39 Å². The van der Waals surface area contributed by atoms with E-state index in [1.54, 1.807) is 16.9 Å². The number of nitrogens with zero attached hydrogens (tertiary/aromatic N) is 6. The van der Waals surface area contributed by atoms with E-state index in [0.717, 1.165) is 29.4 Å². The summed E-state index contributed by atoms with van der Waals surface area (Å²) in [5.41, 5.74) is 10.1. The van der Waals surface area contributed by atoms with E-state index in [1.807, 2.05) is 42.0 Å². The van der Waals surface area contributed by atoms with Crippen LogP contribution in [0.15, 0.2) is 49.1 Å². The molecule has 0 bridgehead atoms. The van der Waals surface area contributed by atoms with Crippen molar-refractivity contribution in [3.05, 3.63) is 66.1 Å². The zero-order valence-corrected chi connectivity index (χ0v) is 17.9. The number of imidazole rings is 1. The van der Waals surface area contributed by atoms with Crippen LogP contribution < -0.4 is 5.73 Å². The van der Waals surface area contributed by atoms with Crippen molar-refractivity contribution in [1.29, 1.82) is 0 Å². The first kappa shape index (κ1) is 20.3. The summed E-state index contributed by atoms with van der Waals surface area (Å²) >= 11 is 0. The molecule has 1 aromatic carbocycles. The molecule has 0 atom stereocenters. The average molecular weight is 433 g/mol. The van der Waals surface area contributed by atoms with Gasteiger partial charge in [0.05, 0.1) is 24.6 Å². The monoisotopic (exact) mass is 432 g/mol. The van der Waals surface area contributed by atoms with E-state index in [0.29, 0.717) is 23.1 Å². The van der Waals surface area contributed by atoms with Crippen molar-refractivity contribution in [2.45, 2.75) is 32.7 Å². The van der Waals surface area contributed by atoms with Gasteiger partial charge in [0.1, 0.15) is 22.7 Å². The first-order chi connectivity index (χ1) is 15.6. The van der Waals surface area contributed by atoms with Crippen LogP contribution in [0.1, 0.15) is 30.5 Å².